The maximum atomic E-state index is 11.7. The maximum Gasteiger partial charge on any atom is 0.348 e. The Morgan fingerprint density at radius 3 is 2.67 bits per heavy atom. The van der Waals surface area contributed by atoms with Gasteiger partial charge in [0.05, 0.1) is 11.8 Å². The summed E-state index contributed by atoms with van der Waals surface area (Å²) in [6, 6.07) is 1.73. The largest absolute Gasteiger partial charge is 0.507 e. The molecule has 0 aliphatic heterocycles. The Morgan fingerprint density at radius 1 is 1.39 bits per heavy atom. The van der Waals surface area contributed by atoms with E-state index in [0.717, 1.165) is 12.8 Å². The van der Waals surface area contributed by atoms with Crippen LogP contribution < -0.4 is 5.63 Å². The van der Waals surface area contributed by atoms with Gasteiger partial charge in [-0.2, -0.15) is 0 Å². The van der Waals surface area contributed by atoms with Crippen molar-refractivity contribution in [3.05, 3.63) is 27.8 Å². The Hall–Kier alpha value is -1.58. The molecule has 2 rings (SSSR count). The molecular weight excluding hydrogens is 230 g/mol. The normalized spacial score (nSPS) is 18.0. The summed E-state index contributed by atoms with van der Waals surface area (Å²) in [5.41, 5.74) is 0.267. The van der Waals surface area contributed by atoms with Gasteiger partial charge in [0.1, 0.15) is 17.1 Å². The minimum absolute atomic E-state index is 0.0409. The molecule has 1 N–H and O–H groups in total. The van der Waals surface area contributed by atoms with Gasteiger partial charge in [0.25, 0.3) is 0 Å². The van der Waals surface area contributed by atoms with Crippen LogP contribution in [0.5, 0.6) is 5.75 Å². The first kappa shape index (κ1) is 12.9. The third-order valence-electron chi connectivity index (χ3n) is 3.37. The number of hydrogen-bond donors (Lipinski definition) is 1. The monoisotopic (exact) mass is 249 g/mol. The first-order valence-corrected chi connectivity index (χ1v) is 6.46. The van der Waals surface area contributed by atoms with Crippen molar-refractivity contribution in [2.75, 3.05) is 0 Å². The number of aryl methyl sites for hydroxylation is 1. The molecule has 1 fully saturated rings. The van der Waals surface area contributed by atoms with Crippen LogP contribution in [0.1, 0.15) is 50.4 Å². The molecule has 1 aromatic rings. The van der Waals surface area contributed by atoms with Gasteiger partial charge in [0.2, 0.25) is 0 Å². The van der Waals surface area contributed by atoms with E-state index in [1.54, 1.807) is 13.8 Å². The first-order valence-electron chi connectivity index (χ1n) is 6.46. The van der Waals surface area contributed by atoms with E-state index in [0.29, 0.717) is 11.5 Å². The molecule has 98 valence electrons. The van der Waals surface area contributed by atoms with E-state index in [1.807, 2.05) is 0 Å². The lowest BCUT2D eigenvalue weighted by atomic mass is 9.96. The highest BCUT2D eigenvalue weighted by molar-refractivity contribution is 6.00. The highest BCUT2D eigenvalue weighted by Gasteiger charge is 2.16. The first-order chi connectivity index (χ1) is 8.58. The van der Waals surface area contributed by atoms with Crippen molar-refractivity contribution in [1.82, 2.24) is 0 Å². The molecule has 0 radical (unpaired) electrons. The summed E-state index contributed by atoms with van der Waals surface area (Å²) in [5, 5.41) is 9.83. The van der Waals surface area contributed by atoms with Crippen LogP contribution in [0.2, 0.25) is 0 Å². The number of hydrogen-bond acceptors (Lipinski definition) is 4. The van der Waals surface area contributed by atoms with Crippen LogP contribution in [0.3, 0.4) is 0 Å². The van der Waals surface area contributed by atoms with Gasteiger partial charge in [-0.1, -0.05) is 19.3 Å². The Bertz CT molecular complexity index is 510. The van der Waals surface area contributed by atoms with Crippen LogP contribution in [0.4, 0.5) is 0 Å². The second-order valence-electron chi connectivity index (χ2n) is 4.91. The van der Waals surface area contributed by atoms with E-state index < -0.39 is 5.63 Å². The van der Waals surface area contributed by atoms with Gasteiger partial charge in [0.15, 0.2) is 0 Å². The molecule has 4 heteroatoms. The Labute approximate surface area is 106 Å². The average molecular weight is 249 g/mol. The second-order valence-corrected chi connectivity index (χ2v) is 4.91. The maximum absolute atomic E-state index is 11.7. The fourth-order valence-electron chi connectivity index (χ4n) is 2.48. The van der Waals surface area contributed by atoms with Crippen LogP contribution in [-0.4, -0.2) is 16.9 Å². The predicted octanol–water partition coefficient (Wildman–Crippen LogP) is 2.80. The van der Waals surface area contributed by atoms with Gasteiger partial charge in [-0.3, -0.25) is 4.99 Å². The zero-order valence-electron chi connectivity index (χ0n) is 10.9. The average Bonchev–Trinajstić information content (AvgIpc) is 2.28. The lowest BCUT2D eigenvalue weighted by molar-refractivity contribution is 0.430. The smallest absolute Gasteiger partial charge is 0.348 e. The van der Waals surface area contributed by atoms with E-state index in [4.69, 9.17) is 4.42 Å². The fourth-order valence-corrected chi connectivity index (χ4v) is 2.48. The number of aliphatic imine (C=N–C) groups is 1. The summed E-state index contributed by atoms with van der Waals surface area (Å²) in [5.74, 6) is 0.368. The number of nitrogens with zero attached hydrogens (tertiary/aromatic N) is 1. The molecule has 0 bridgehead atoms. The molecule has 4 nitrogen and oxygen atoms in total. The molecule has 1 aliphatic carbocycles. The van der Waals surface area contributed by atoms with E-state index in [1.165, 1.54) is 25.3 Å². The van der Waals surface area contributed by atoms with E-state index in [9.17, 15) is 9.90 Å². The van der Waals surface area contributed by atoms with Crippen molar-refractivity contribution in [3.8, 4) is 5.75 Å². The van der Waals surface area contributed by atoms with Gasteiger partial charge in [0, 0.05) is 6.07 Å². The standard InChI is InChI=1S/C14H19NO3/c1-9-8-12(16)13(14(17)18-9)10(2)15-11-6-4-3-5-7-11/h8,11,16H,3-7H2,1-2H3. The van der Waals surface area contributed by atoms with Crippen LogP contribution in [0.15, 0.2) is 20.3 Å². The summed E-state index contributed by atoms with van der Waals surface area (Å²) in [4.78, 5) is 16.3. The minimum Gasteiger partial charge on any atom is -0.507 e. The van der Waals surface area contributed by atoms with Gasteiger partial charge in [-0.15, -0.1) is 0 Å². The predicted molar refractivity (Wildman–Crippen MR) is 70.5 cm³/mol. The lowest BCUT2D eigenvalue weighted by Gasteiger charge is -2.18. The van der Waals surface area contributed by atoms with Gasteiger partial charge in [-0.25, -0.2) is 4.79 Å². The van der Waals surface area contributed by atoms with Crippen LogP contribution >= 0.6 is 0 Å². The van der Waals surface area contributed by atoms with Gasteiger partial charge < -0.3 is 9.52 Å². The van der Waals surface area contributed by atoms with E-state index in [-0.39, 0.29) is 17.4 Å². The fraction of sp³-hybridized carbons (Fsp3) is 0.571. The molecule has 1 aliphatic rings. The van der Waals surface area contributed by atoms with Crippen LogP contribution in [0, 0.1) is 6.92 Å². The number of aromatic hydroxyl groups is 1. The van der Waals surface area contributed by atoms with Crippen LogP contribution in [0.25, 0.3) is 0 Å². The van der Waals surface area contributed by atoms with Crippen molar-refractivity contribution in [1.29, 1.82) is 0 Å². The SMILES string of the molecule is CC(=NC1CCCCC1)c1c(O)cc(C)oc1=O. The van der Waals surface area contributed by atoms with Crippen molar-refractivity contribution in [2.24, 2.45) is 4.99 Å². The highest BCUT2D eigenvalue weighted by atomic mass is 16.4. The second kappa shape index (κ2) is 5.38. The molecule has 0 atom stereocenters. The van der Waals surface area contributed by atoms with Gasteiger partial charge in [-0.05, 0) is 26.7 Å². The Morgan fingerprint density at radius 2 is 2.06 bits per heavy atom. The Balaban J connectivity index is 2.30. The quantitative estimate of drug-likeness (QED) is 0.820. The molecular formula is C14H19NO3. The summed E-state index contributed by atoms with van der Waals surface area (Å²) in [6.07, 6.45) is 5.78. The van der Waals surface area contributed by atoms with Gasteiger partial charge >= 0.3 is 5.63 Å². The molecule has 0 spiro atoms. The molecule has 0 unspecified atom stereocenters. The summed E-state index contributed by atoms with van der Waals surface area (Å²) in [6.45, 7) is 3.40. The molecule has 0 saturated heterocycles. The third-order valence-corrected chi connectivity index (χ3v) is 3.37. The van der Waals surface area contributed by atoms with Crippen molar-refractivity contribution in [3.63, 3.8) is 0 Å². The van der Waals surface area contributed by atoms with E-state index in [2.05, 4.69) is 4.99 Å². The van der Waals surface area contributed by atoms with Crippen molar-refractivity contribution < 1.29 is 9.52 Å². The zero-order chi connectivity index (χ0) is 13.1. The summed E-state index contributed by atoms with van der Waals surface area (Å²) in [7, 11) is 0. The highest BCUT2D eigenvalue weighted by Crippen LogP contribution is 2.22. The molecule has 1 aromatic heterocycles. The summed E-state index contributed by atoms with van der Waals surface area (Å²) < 4.78 is 5.00. The zero-order valence-corrected chi connectivity index (χ0v) is 10.9. The molecule has 1 saturated carbocycles. The van der Waals surface area contributed by atoms with Crippen molar-refractivity contribution >= 4 is 5.71 Å². The lowest BCUT2D eigenvalue weighted by Crippen LogP contribution is -2.17. The van der Waals surface area contributed by atoms with Crippen LogP contribution in [-0.2, 0) is 0 Å². The molecule has 0 amide bonds. The van der Waals surface area contributed by atoms with Crippen molar-refractivity contribution in [2.45, 2.75) is 52.0 Å². The Kier molecular flexibility index (Phi) is 3.84. The van der Waals surface area contributed by atoms with E-state index >= 15 is 0 Å². The minimum atomic E-state index is -0.510. The summed E-state index contributed by atoms with van der Waals surface area (Å²) >= 11 is 0. The molecule has 18 heavy (non-hydrogen) atoms. The topological polar surface area (TPSA) is 62.8 Å². The third kappa shape index (κ3) is 2.81. The number of rotatable bonds is 2. The molecule has 1 heterocycles. The molecule has 0 aromatic carbocycles.